The van der Waals surface area contributed by atoms with Gasteiger partial charge in [0.1, 0.15) is 5.54 Å². The number of hydrogen-bond acceptors (Lipinski definition) is 3. The Balaban J connectivity index is 2.54. The lowest BCUT2D eigenvalue weighted by molar-refractivity contribution is -0.143. The molecule has 1 heterocycles. The fourth-order valence-electron chi connectivity index (χ4n) is 2.36. The first-order valence-electron chi connectivity index (χ1n) is 5.90. The first-order chi connectivity index (χ1) is 7.14. The SMILES string of the molecule is CC(CC(C)(N)C(=O)O)N1CCC(C)(C)C1. The Hall–Kier alpha value is -0.610. The molecule has 0 aromatic carbocycles. The molecular formula is C12H24N2O2. The Morgan fingerprint density at radius 3 is 2.56 bits per heavy atom. The summed E-state index contributed by atoms with van der Waals surface area (Å²) >= 11 is 0. The van der Waals surface area contributed by atoms with E-state index in [1.54, 1.807) is 6.92 Å². The third kappa shape index (κ3) is 3.19. The number of nitrogens with two attached hydrogens (primary N) is 1. The number of carbonyl (C=O) groups is 1. The summed E-state index contributed by atoms with van der Waals surface area (Å²) in [6.45, 7) is 10.2. The smallest absolute Gasteiger partial charge is 0.323 e. The maximum absolute atomic E-state index is 11.0. The van der Waals surface area contributed by atoms with Gasteiger partial charge in [-0.05, 0) is 38.6 Å². The molecule has 94 valence electrons. The molecule has 0 aromatic heterocycles. The summed E-state index contributed by atoms with van der Waals surface area (Å²) < 4.78 is 0. The van der Waals surface area contributed by atoms with E-state index in [0.717, 1.165) is 13.1 Å². The first kappa shape index (κ1) is 13.5. The molecule has 0 aromatic rings. The van der Waals surface area contributed by atoms with Crippen molar-refractivity contribution in [2.24, 2.45) is 11.1 Å². The lowest BCUT2D eigenvalue weighted by Crippen LogP contribution is -2.50. The summed E-state index contributed by atoms with van der Waals surface area (Å²) in [5.74, 6) is -0.919. The summed E-state index contributed by atoms with van der Waals surface area (Å²) in [5.41, 5.74) is 5.00. The van der Waals surface area contributed by atoms with E-state index in [9.17, 15) is 4.79 Å². The Labute approximate surface area is 97.8 Å². The fraction of sp³-hybridized carbons (Fsp3) is 0.917. The number of nitrogens with zero attached hydrogens (tertiary/aromatic N) is 1. The number of rotatable bonds is 4. The Morgan fingerprint density at radius 1 is 1.62 bits per heavy atom. The van der Waals surface area contributed by atoms with Crippen molar-refractivity contribution in [3.63, 3.8) is 0 Å². The summed E-state index contributed by atoms with van der Waals surface area (Å²) in [6, 6.07) is 0.230. The lowest BCUT2D eigenvalue weighted by atomic mass is 9.92. The van der Waals surface area contributed by atoms with Gasteiger partial charge in [-0.1, -0.05) is 13.8 Å². The minimum atomic E-state index is -1.12. The van der Waals surface area contributed by atoms with Gasteiger partial charge in [0.15, 0.2) is 0 Å². The zero-order valence-corrected chi connectivity index (χ0v) is 10.8. The van der Waals surface area contributed by atoms with E-state index >= 15 is 0 Å². The lowest BCUT2D eigenvalue weighted by Gasteiger charge is -2.31. The molecule has 0 aliphatic carbocycles. The van der Waals surface area contributed by atoms with Crippen LogP contribution in [-0.4, -0.2) is 40.6 Å². The molecule has 1 aliphatic heterocycles. The van der Waals surface area contributed by atoms with Crippen LogP contribution in [-0.2, 0) is 4.79 Å². The normalized spacial score (nSPS) is 26.3. The average molecular weight is 228 g/mol. The van der Waals surface area contributed by atoms with Gasteiger partial charge in [-0.25, -0.2) is 0 Å². The summed E-state index contributed by atoms with van der Waals surface area (Å²) in [5, 5.41) is 8.99. The predicted molar refractivity (Wildman–Crippen MR) is 64.3 cm³/mol. The number of carboxylic acid groups (broad SMARTS) is 1. The van der Waals surface area contributed by atoms with Crippen LogP contribution >= 0.6 is 0 Å². The standard InChI is InChI=1S/C12H24N2O2/c1-9(7-12(4,13)10(15)16)14-6-5-11(2,3)8-14/h9H,5-8,13H2,1-4H3,(H,15,16). The van der Waals surface area contributed by atoms with E-state index in [-0.39, 0.29) is 6.04 Å². The van der Waals surface area contributed by atoms with Crippen molar-refractivity contribution in [3.05, 3.63) is 0 Å². The second-order valence-electron chi connectivity index (χ2n) is 6.16. The maximum Gasteiger partial charge on any atom is 0.323 e. The highest BCUT2D eigenvalue weighted by atomic mass is 16.4. The van der Waals surface area contributed by atoms with Crippen LogP contribution in [0.2, 0.25) is 0 Å². The van der Waals surface area contributed by atoms with Crippen LogP contribution in [0.1, 0.15) is 40.5 Å². The highest BCUT2D eigenvalue weighted by molar-refractivity contribution is 5.77. The van der Waals surface area contributed by atoms with Gasteiger partial charge >= 0.3 is 5.97 Å². The van der Waals surface area contributed by atoms with Crippen LogP contribution in [0.5, 0.6) is 0 Å². The molecule has 2 unspecified atom stereocenters. The van der Waals surface area contributed by atoms with Crippen molar-refractivity contribution in [1.29, 1.82) is 0 Å². The summed E-state index contributed by atoms with van der Waals surface area (Å²) in [4.78, 5) is 13.3. The molecule has 4 nitrogen and oxygen atoms in total. The highest BCUT2D eigenvalue weighted by Gasteiger charge is 2.36. The molecule has 0 spiro atoms. The number of likely N-dealkylation sites (tertiary alicyclic amines) is 1. The Bertz CT molecular complexity index is 274. The molecule has 1 saturated heterocycles. The van der Waals surface area contributed by atoms with Gasteiger partial charge in [0.2, 0.25) is 0 Å². The minimum Gasteiger partial charge on any atom is -0.480 e. The number of hydrogen-bond donors (Lipinski definition) is 2. The van der Waals surface area contributed by atoms with Crippen LogP contribution in [0.15, 0.2) is 0 Å². The molecule has 1 fully saturated rings. The molecule has 16 heavy (non-hydrogen) atoms. The molecule has 2 atom stereocenters. The van der Waals surface area contributed by atoms with Crippen LogP contribution in [0, 0.1) is 5.41 Å². The Kier molecular flexibility index (Phi) is 3.65. The van der Waals surface area contributed by atoms with Gasteiger partial charge in [0.25, 0.3) is 0 Å². The average Bonchev–Trinajstić information content (AvgIpc) is 2.45. The van der Waals surface area contributed by atoms with Crippen molar-refractivity contribution in [2.45, 2.75) is 52.1 Å². The second-order valence-corrected chi connectivity index (χ2v) is 6.16. The minimum absolute atomic E-state index is 0.230. The van der Waals surface area contributed by atoms with Gasteiger partial charge in [-0.2, -0.15) is 0 Å². The quantitative estimate of drug-likeness (QED) is 0.761. The maximum atomic E-state index is 11.0. The molecule has 1 rings (SSSR count). The third-order valence-corrected chi connectivity index (χ3v) is 3.54. The van der Waals surface area contributed by atoms with E-state index in [1.165, 1.54) is 6.42 Å². The van der Waals surface area contributed by atoms with E-state index in [1.807, 2.05) is 0 Å². The van der Waals surface area contributed by atoms with Gasteiger partial charge in [0, 0.05) is 12.6 Å². The van der Waals surface area contributed by atoms with Crippen molar-refractivity contribution in [2.75, 3.05) is 13.1 Å². The van der Waals surface area contributed by atoms with Crippen LogP contribution in [0.4, 0.5) is 0 Å². The highest BCUT2D eigenvalue weighted by Crippen LogP contribution is 2.31. The predicted octanol–water partition coefficient (Wildman–Crippen LogP) is 1.30. The molecular weight excluding hydrogens is 204 g/mol. The largest absolute Gasteiger partial charge is 0.480 e. The van der Waals surface area contributed by atoms with Crippen molar-refractivity contribution >= 4 is 5.97 Å². The third-order valence-electron chi connectivity index (χ3n) is 3.54. The monoisotopic (exact) mass is 228 g/mol. The van der Waals surface area contributed by atoms with Gasteiger partial charge in [-0.15, -0.1) is 0 Å². The van der Waals surface area contributed by atoms with Crippen molar-refractivity contribution in [3.8, 4) is 0 Å². The molecule has 0 amide bonds. The number of carboxylic acids is 1. The van der Waals surface area contributed by atoms with E-state index < -0.39 is 11.5 Å². The van der Waals surface area contributed by atoms with Crippen molar-refractivity contribution in [1.82, 2.24) is 4.90 Å². The Morgan fingerprint density at radius 2 is 2.19 bits per heavy atom. The van der Waals surface area contributed by atoms with Crippen LogP contribution in [0.3, 0.4) is 0 Å². The molecule has 0 radical (unpaired) electrons. The van der Waals surface area contributed by atoms with Gasteiger partial charge in [0.05, 0.1) is 0 Å². The molecule has 0 saturated carbocycles. The topological polar surface area (TPSA) is 66.6 Å². The number of aliphatic carboxylic acids is 1. The summed E-state index contributed by atoms with van der Waals surface area (Å²) in [6.07, 6.45) is 1.67. The zero-order chi connectivity index (χ0) is 12.6. The van der Waals surface area contributed by atoms with Gasteiger partial charge < -0.3 is 15.7 Å². The summed E-state index contributed by atoms with van der Waals surface area (Å²) in [7, 11) is 0. The first-order valence-corrected chi connectivity index (χ1v) is 5.90. The van der Waals surface area contributed by atoms with Crippen molar-refractivity contribution < 1.29 is 9.90 Å². The van der Waals surface area contributed by atoms with Crippen LogP contribution < -0.4 is 5.73 Å². The van der Waals surface area contributed by atoms with E-state index in [4.69, 9.17) is 10.8 Å². The fourth-order valence-corrected chi connectivity index (χ4v) is 2.36. The van der Waals surface area contributed by atoms with Crippen LogP contribution in [0.25, 0.3) is 0 Å². The van der Waals surface area contributed by atoms with Gasteiger partial charge in [-0.3, -0.25) is 4.79 Å². The zero-order valence-electron chi connectivity index (χ0n) is 10.8. The molecule has 0 bridgehead atoms. The molecule has 4 heteroatoms. The molecule has 1 aliphatic rings. The van der Waals surface area contributed by atoms with E-state index in [2.05, 4.69) is 25.7 Å². The van der Waals surface area contributed by atoms with E-state index in [0.29, 0.717) is 11.8 Å². The molecule has 3 N–H and O–H groups in total. The second kappa shape index (κ2) is 4.34.